The van der Waals surface area contributed by atoms with Gasteiger partial charge in [0.25, 0.3) is 5.91 Å². The number of aryl methyl sites for hydroxylation is 2. The number of hydrogen-bond donors (Lipinski definition) is 2. The summed E-state index contributed by atoms with van der Waals surface area (Å²) in [6.45, 7) is 3.41. The number of anilines is 2. The maximum Gasteiger partial charge on any atom is 0.262 e. The maximum atomic E-state index is 13.5. The van der Waals surface area contributed by atoms with E-state index >= 15 is 0 Å². The maximum absolute atomic E-state index is 13.5. The van der Waals surface area contributed by atoms with Gasteiger partial charge in [0.05, 0.1) is 0 Å². The first-order chi connectivity index (χ1) is 9.95. The molecule has 0 aliphatic heterocycles. The summed E-state index contributed by atoms with van der Waals surface area (Å²) in [6.07, 6.45) is 0. The van der Waals surface area contributed by atoms with Crippen molar-refractivity contribution < 1.29 is 13.9 Å². The molecule has 1 amide bonds. The summed E-state index contributed by atoms with van der Waals surface area (Å²) in [5.74, 6) is -0.799. The van der Waals surface area contributed by atoms with Crippen molar-refractivity contribution in [2.24, 2.45) is 0 Å². The minimum Gasteiger partial charge on any atom is -0.481 e. The lowest BCUT2D eigenvalue weighted by Crippen LogP contribution is -2.21. The number of hydrogen-bond acceptors (Lipinski definition) is 3. The van der Waals surface area contributed by atoms with E-state index in [1.807, 2.05) is 19.9 Å². The summed E-state index contributed by atoms with van der Waals surface area (Å²) < 4.78 is 18.7. The van der Waals surface area contributed by atoms with E-state index in [1.54, 1.807) is 24.3 Å². The highest BCUT2D eigenvalue weighted by molar-refractivity contribution is 5.93. The van der Waals surface area contributed by atoms with Gasteiger partial charge in [0.2, 0.25) is 0 Å². The molecule has 0 aliphatic carbocycles. The van der Waals surface area contributed by atoms with Gasteiger partial charge in [-0.15, -0.1) is 0 Å². The van der Waals surface area contributed by atoms with Crippen LogP contribution in [0.25, 0.3) is 0 Å². The molecule has 2 aromatic carbocycles. The SMILES string of the molecule is Cc1ccc(F)c(OCC(=O)Nc2cc(N)ccc2C)c1. The summed E-state index contributed by atoms with van der Waals surface area (Å²) in [7, 11) is 0. The van der Waals surface area contributed by atoms with Crippen LogP contribution in [-0.4, -0.2) is 12.5 Å². The molecule has 110 valence electrons. The van der Waals surface area contributed by atoms with Crippen LogP contribution in [0.3, 0.4) is 0 Å². The molecule has 0 heterocycles. The average molecular weight is 288 g/mol. The quantitative estimate of drug-likeness (QED) is 0.850. The van der Waals surface area contributed by atoms with Crippen LogP contribution in [0, 0.1) is 19.7 Å². The second kappa shape index (κ2) is 6.26. The van der Waals surface area contributed by atoms with Crippen molar-refractivity contribution in [3.8, 4) is 5.75 Å². The van der Waals surface area contributed by atoms with Crippen LogP contribution in [0.4, 0.5) is 15.8 Å². The molecule has 0 spiro atoms. The Bertz CT molecular complexity index is 671. The lowest BCUT2D eigenvalue weighted by Gasteiger charge is -2.11. The first-order valence-corrected chi connectivity index (χ1v) is 6.50. The molecule has 0 radical (unpaired) electrons. The Balaban J connectivity index is 1.99. The van der Waals surface area contributed by atoms with Gasteiger partial charge in [-0.3, -0.25) is 4.79 Å². The Kier molecular flexibility index (Phi) is 4.42. The van der Waals surface area contributed by atoms with Gasteiger partial charge in [0, 0.05) is 11.4 Å². The topological polar surface area (TPSA) is 64.3 Å². The second-order valence-corrected chi connectivity index (χ2v) is 4.85. The summed E-state index contributed by atoms with van der Waals surface area (Å²) in [6, 6.07) is 9.73. The fraction of sp³-hybridized carbons (Fsp3) is 0.188. The van der Waals surface area contributed by atoms with Crippen molar-refractivity contribution in [2.75, 3.05) is 17.7 Å². The zero-order valence-corrected chi connectivity index (χ0v) is 11.9. The number of rotatable bonds is 4. The number of ether oxygens (including phenoxy) is 1. The van der Waals surface area contributed by atoms with E-state index in [0.29, 0.717) is 11.4 Å². The van der Waals surface area contributed by atoms with Gasteiger partial charge in [0.15, 0.2) is 18.2 Å². The van der Waals surface area contributed by atoms with E-state index < -0.39 is 5.82 Å². The van der Waals surface area contributed by atoms with E-state index in [1.165, 1.54) is 6.07 Å². The molecule has 2 rings (SSSR count). The molecule has 4 nitrogen and oxygen atoms in total. The third-order valence-corrected chi connectivity index (χ3v) is 2.98. The fourth-order valence-corrected chi connectivity index (χ4v) is 1.83. The molecule has 0 fully saturated rings. The first kappa shape index (κ1) is 14.8. The highest BCUT2D eigenvalue weighted by Crippen LogP contribution is 2.20. The van der Waals surface area contributed by atoms with Crippen molar-refractivity contribution in [1.29, 1.82) is 0 Å². The van der Waals surface area contributed by atoms with Crippen molar-refractivity contribution in [2.45, 2.75) is 13.8 Å². The Morgan fingerprint density at radius 1 is 1.24 bits per heavy atom. The molecule has 0 unspecified atom stereocenters. The third-order valence-electron chi connectivity index (χ3n) is 2.98. The number of carbonyl (C=O) groups excluding carboxylic acids is 1. The number of amides is 1. The standard InChI is InChI=1S/C16H17FN2O2/c1-10-3-6-13(17)15(7-10)21-9-16(20)19-14-8-12(18)5-4-11(14)2/h3-8H,9,18H2,1-2H3,(H,19,20). The monoisotopic (exact) mass is 288 g/mol. The molecule has 21 heavy (non-hydrogen) atoms. The highest BCUT2D eigenvalue weighted by Gasteiger charge is 2.09. The van der Waals surface area contributed by atoms with Gasteiger partial charge in [-0.2, -0.15) is 0 Å². The van der Waals surface area contributed by atoms with Gasteiger partial charge in [-0.05, 0) is 49.2 Å². The van der Waals surface area contributed by atoms with Crippen molar-refractivity contribution in [3.63, 3.8) is 0 Å². The lowest BCUT2D eigenvalue weighted by molar-refractivity contribution is -0.118. The van der Waals surface area contributed by atoms with Gasteiger partial charge >= 0.3 is 0 Å². The minimum atomic E-state index is -0.492. The summed E-state index contributed by atoms with van der Waals surface area (Å²) in [5.41, 5.74) is 8.60. The van der Waals surface area contributed by atoms with Crippen molar-refractivity contribution in [3.05, 3.63) is 53.3 Å². The van der Waals surface area contributed by atoms with Gasteiger partial charge in [0.1, 0.15) is 0 Å². The number of benzene rings is 2. The van der Waals surface area contributed by atoms with E-state index in [-0.39, 0.29) is 18.3 Å². The number of nitrogens with two attached hydrogens (primary N) is 1. The second-order valence-electron chi connectivity index (χ2n) is 4.85. The molecule has 0 aromatic heterocycles. The third kappa shape index (κ3) is 3.95. The summed E-state index contributed by atoms with van der Waals surface area (Å²) >= 11 is 0. The van der Waals surface area contributed by atoms with E-state index in [0.717, 1.165) is 11.1 Å². The van der Waals surface area contributed by atoms with Crippen LogP contribution >= 0.6 is 0 Å². The molecule has 0 atom stereocenters. The Morgan fingerprint density at radius 2 is 2.00 bits per heavy atom. The Labute approximate surface area is 122 Å². The van der Waals surface area contributed by atoms with Crippen molar-refractivity contribution >= 4 is 17.3 Å². The number of nitrogen functional groups attached to an aromatic ring is 1. The van der Waals surface area contributed by atoms with Crippen LogP contribution in [0.5, 0.6) is 5.75 Å². The Hall–Kier alpha value is -2.56. The molecular formula is C16H17FN2O2. The number of nitrogens with one attached hydrogen (secondary N) is 1. The van der Waals surface area contributed by atoms with Crippen molar-refractivity contribution in [1.82, 2.24) is 0 Å². The van der Waals surface area contributed by atoms with Crippen LogP contribution in [-0.2, 0) is 4.79 Å². The predicted molar refractivity (Wildman–Crippen MR) is 80.9 cm³/mol. The summed E-state index contributed by atoms with van der Waals surface area (Å²) in [5, 5.41) is 2.69. The van der Waals surface area contributed by atoms with E-state index in [9.17, 15) is 9.18 Å². The number of halogens is 1. The van der Waals surface area contributed by atoms with Crippen LogP contribution in [0.15, 0.2) is 36.4 Å². The van der Waals surface area contributed by atoms with Crippen LogP contribution in [0.1, 0.15) is 11.1 Å². The first-order valence-electron chi connectivity index (χ1n) is 6.50. The van der Waals surface area contributed by atoms with E-state index in [4.69, 9.17) is 10.5 Å². The zero-order chi connectivity index (χ0) is 15.4. The zero-order valence-electron chi connectivity index (χ0n) is 11.9. The molecular weight excluding hydrogens is 271 g/mol. The highest BCUT2D eigenvalue weighted by atomic mass is 19.1. The summed E-state index contributed by atoms with van der Waals surface area (Å²) in [4.78, 5) is 11.8. The van der Waals surface area contributed by atoms with Gasteiger partial charge in [-0.25, -0.2) is 4.39 Å². The van der Waals surface area contributed by atoms with Gasteiger partial charge in [-0.1, -0.05) is 12.1 Å². The normalized spacial score (nSPS) is 10.2. The minimum absolute atomic E-state index is 0.0643. The van der Waals surface area contributed by atoms with E-state index in [2.05, 4.69) is 5.32 Å². The predicted octanol–water partition coefficient (Wildman–Crippen LogP) is 3.04. The lowest BCUT2D eigenvalue weighted by atomic mass is 10.2. The molecule has 2 aromatic rings. The molecule has 0 bridgehead atoms. The molecule has 0 aliphatic rings. The fourth-order valence-electron chi connectivity index (χ4n) is 1.83. The van der Waals surface area contributed by atoms with Gasteiger partial charge < -0.3 is 15.8 Å². The molecule has 0 saturated heterocycles. The smallest absolute Gasteiger partial charge is 0.262 e. The molecule has 5 heteroatoms. The largest absolute Gasteiger partial charge is 0.481 e. The molecule has 3 N–H and O–H groups in total. The van der Waals surface area contributed by atoms with Crippen LogP contribution in [0.2, 0.25) is 0 Å². The van der Waals surface area contributed by atoms with Crippen LogP contribution < -0.4 is 15.8 Å². The Morgan fingerprint density at radius 3 is 2.76 bits per heavy atom. The molecule has 0 saturated carbocycles. The average Bonchev–Trinajstić information content (AvgIpc) is 2.44. The number of carbonyl (C=O) groups is 1.